The number of benzene rings is 1. The Labute approximate surface area is 215 Å². The number of hydrogen-bond acceptors (Lipinski definition) is 7. The molecule has 2 aromatic heterocycles. The Hall–Kier alpha value is -3.37. The highest BCUT2D eigenvalue weighted by Gasteiger charge is 2.27. The molecule has 0 bridgehead atoms. The van der Waals surface area contributed by atoms with E-state index in [2.05, 4.69) is 20.7 Å². The SMILES string of the molecule is COc1ccc([C@H](NC(=O)N2CCc3cnc(NC4CCOCC4)nc3C2)c2cnn(C)c2)cc1Cl. The minimum atomic E-state index is -0.424. The van der Waals surface area contributed by atoms with Crippen molar-refractivity contribution in [1.82, 2.24) is 30.0 Å². The average Bonchev–Trinajstić information content (AvgIpc) is 3.33. The van der Waals surface area contributed by atoms with Gasteiger partial charge in [-0.25, -0.2) is 14.8 Å². The Kier molecular flexibility index (Phi) is 7.24. The predicted molar refractivity (Wildman–Crippen MR) is 135 cm³/mol. The number of aryl methyl sites for hydroxylation is 1. The lowest BCUT2D eigenvalue weighted by atomic mass is 10.0. The second-order valence-corrected chi connectivity index (χ2v) is 9.50. The molecule has 4 heterocycles. The zero-order valence-corrected chi connectivity index (χ0v) is 21.2. The maximum atomic E-state index is 13.4. The lowest BCUT2D eigenvalue weighted by Crippen LogP contribution is -2.44. The second kappa shape index (κ2) is 10.7. The van der Waals surface area contributed by atoms with E-state index in [-0.39, 0.29) is 6.03 Å². The van der Waals surface area contributed by atoms with Crippen molar-refractivity contribution in [2.45, 2.75) is 37.9 Å². The highest BCUT2D eigenvalue weighted by molar-refractivity contribution is 6.32. The number of amides is 2. The van der Waals surface area contributed by atoms with Crippen molar-refractivity contribution >= 4 is 23.6 Å². The average molecular weight is 512 g/mol. The molecular formula is C25H30ClN7O3. The predicted octanol–water partition coefficient (Wildman–Crippen LogP) is 3.32. The van der Waals surface area contributed by atoms with Crippen LogP contribution >= 0.6 is 11.6 Å². The van der Waals surface area contributed by atoms with E-state index in [1.807, 2.05) is 31.6 Å². The van der Waals surface area contributed by atoms with E-state index in [0.717, 1.165) is 48.4 Å². The standard InChI is InChI=1S/C25H30ClN7O3/c1-32-14-18(13-28-32)23(16-3-4-22(35-2)20(26)11-16)31-25(34)33-8-5-17-12-27-24(30-21(17)15-33)29-19-6-9-36-10-7-19/h3-4,11-14,19,23H,5-10,15H2,1-2H3,(H,31,34)(H,27,29,30)/t23-/m0/s1. The molecule has 190 valence electrons. The van der Waals surface area contributed by atoms with E-state index in [4.69, 9.17) is 26.1 Å². The van der Waals surface area contributed by atoms with Crippen LogP contribution in [0, 0.1) is 0 Å². The fourth-order valence-corrected chi connectivity index (χ4v) is 4.86. The Bertz CT molecular complexity index is 1230. The first-order valence-corrected chi connectivity index (χ1v) is 12.4. The van der Waals surface area contributed by atoms with Crippen molar-refractivity contribution in [2.75, 3.05) is 32.2 Å². The number of rotatable bonds is 6. The van der Waals surface area contributed by atoms with Crippen LogP contribution in [0.15, 0.2) is 36.8 Å². The zero-order valence-electron chi connectivity index (χ0n) is 20.4. The molecule has 0 spiro atoms. The molecule has 5 rings (SSSR count). The van der Waals surface area contributed by atoms with Gasteiger partial charge in [-0.05, 0) is 42.5 Å². The van der Waals surface area contributed by atoms with E-state index in [0.29, 0.717) is 42.3 Å². The van der Waals surface area contributed by atoms with E-state index >= 15 is 0 Å². The van der Waals surface area contributed by atoms with Crippen LogP contribution in [0.25, 0.3) is 0 Å². The van der Waals surface area contributed by atoms with Crippen LogP contribution in [0.3, 0.4) is 0 Å². The van der Waals surface area contributed by atoms with E-state index in [1.54, 1.807) is 29.0 Å². The normalized spacial score (nSPS) is 16.8. The summed E-state index contributed by atoms with van der Waals surface area (Å²) in [7, 11) is 3.42. The highest BCUT2D eigenvalue weighted by Crippen LogP contribution is 2.31. The number of anilines is 1. The third kappa shape index (κ3) is 5.39. The molecule has 0 aliphatic carbocycles. The molecule has 2 aliphatic heterocycles. The molecule has 1 atom stereocenters. The number of carbonyl (C=O) groups excluding carboxylic acids is 1. The smallest absolute Gasteiger partial charge is 0.318 e. The van der Waals surface area contributed by atoms with Gasteiger partial charge in [-0.3, -0.25) is 4.68 Å². The summed E-state index contributed by atoms with van der Waals surface area (Å²) >= 11 is 6.40. The molecule has 2 aliphatic rings. The van der Waals surface area contributed by atoms with Crippen molar-refractivity contribution in [1.29, 1.82) is 0 Å². The van der Waals surface area contributed by atoms with Crippen molar-refractivity contribution in [2.24, 2.45) is 7.05 Å². The van der Waals surface area contributed by atoms with Crippen LogP contribution in [0.4, 0.5) is 10.7 Å². The summed E-state index contributed by atoms with van der Waals surface area (Å²) in [6, 6.07) is 5.21. The number of nitrogens with zero attached hydrogens (tertiary/aromatic N) is 5. The number of hydrogen-bond donors (Lipinski definition) is 2. The maximum absolute atomic E-state index is 13.4. The molecular weight excluding hydrogens is 482 g/mol. The zero-order chi connectivity index (χ0) is 25.1. The first-order chi connectivity index (χ1) is 17.5. The van der Waals surface area contributed by atoms with E-state index < -0.39 is 6.04 Å². The van der Waals surface area contributed by atoms with Crippen LogP contribution in [0.2, 0.25) is 5.02 Å². The van der Waals surface area contributed by atoms with E-state index in [1.165, 1.54) is 0 Å². The van der Waals surface area contributed by atoms with Crippen LogP contribution in [0.1, 0.15) is 41.3 Å². The number of aromatic nitrogens is 4. The summed E-state index contributed by atoms with van der Waals surface area (Å²) in [4.78, 5) is 24.5. The van der Waals surface area contributed by atoms with Gasteiger partial charge in [-0.2, -0.15) is 5.10 Å². The fraction of sp³-hybridized carbons (Fsp3) is 0.440. The maximum Gasteiger partial charge on any atom is 0.318 e. The van der Waals surface area contributed by atoms with Crippen LogP contribution in [-0.4, -0.2) is 63.6 Å². The minimum Gasteiger partial charge on any atom is -0.495 e. The summed E-state index contributed by atoms with van der Waals surface area (Å²) in [6.07, 6.45) is 8.07. The number of urea groups is 1. The lowest BCUT2D eigenvalue weighted by molar-refractivity contribution is 0.0903. The van der Waals surface area contributed by atoms with Gasteiger partial charge in [0.05, 0.1) is 36.6 Å². The number of nitrogens with one attached hydrogen (secondary N) is 2. The molecule has 1 saturated heterocycles. The van der Waals surface area contributed by atoms with E-state index in [9.17, 15) is 4.79 Å². The van der Waals surface area contributed by atoms with Gasteiger partial charge in [-0.1, -0.05) is 17.7 Å². The van der Waals surface area contributed by atoms with Gasteiger partial charge >= 0.3 is 6.03 Å². The molecule has 0 saturated carbocycles. The largest absolute Gasteiger partial charge is 0.495 e. The molecule has 11 heteroatoms. The lowest BCUT2D eigenvalue weighted by Gasteiger charge is -2.30. The van der Waals surface area contributed by atoms with Crippen LogP contribution in [-0.2, 0) is 24.8 Å². The summed E-state index contributed by atoms with van der Waals surface area (Å²) < 4.78 is 12.4. The summed E-state index contributed by atoms with van der Waals surface area (Å²) in [6.45, 7) is 2.48. The molecule has 1 fully saturated rings. The van der Waals surface area contributed by atoms with Crippen molar-refractivity contribution in [3.63, 3.8) is 0 Å². The third-order valence-corrected chi connectivity index (χ3v) is 6.92. The molecule has 1 aromatic carbocycles. The summed E-state index contributed by atoms with van der Waals surface area (Å²) in [5, 5.41) is 11.4. The molecule has 2 amide bonds. The van der Waals surface area contributed by atoms with Crippen molar-refractivity contribution in [3.05, 3.63) is 64.2 Å². The van der Waals surface area contributed by atoms with Gasteiger partial charge in [0.25, 0.3) is 0 Å². The third-order valence-electron chi connectivity index (χ3n) is 6.62. The Morgan fingerprint density at radius 2 is 2.08 bits per heavy atom. The summed E-state index contributed by atoms with van der Waals surface area (Å²) in [5.41, 5.74) is 3.63. The van der Waals surface area contributed by atoms with Gasteiger partial charge in [0.15, 0.2) is 0 Å². The topological polar surface area (TPSA) is 106 Å². The Morgan fingerprint density at radius 3 is 2.81 bits per heavy atom. The van der Waals surface area contributed by atoms with Crippen molar-refractivity contribution < 1.29 is 14.3 Å². The van der Waals surface area contributed by atoms with Gasteiger partial charge in [0, 0.05) is 50.8 Å². The van der Waals surface area contributed by atoms with Crippen LogP contribution in [0.5, 0.6) is 5.75 Å². The highest BCUT2D eigenvalue weighted by atomic mass is 35.5. The van der Waals surface area contributed by atoms with Gasteiger partial charge < -0.3 is 25.0 Å². The number of methoxy groups -OCH3 is 1. The molecule has 0 radical (unpaired) electrons. The Morgan fingerprint density at radius 1 is 1.25 bits per heavy atom. The first kappa shape index (κ1) is 24.3. The molecule has 3 aromatic rings. The summed E-state index contributed by atoms with van der Waals surface area (Å²) in [5.74, 6) is 1.18. The first-order valence-electron chi connectivity index (χ1n) is 12.1. The van der Waals surface area contributed by atoms with Gasteiger partial charge in [0.2, 0.25) is 5.95 Å². The monoisotopic (exact) mass is 511 g/mol. The Balaban J connectivity index is 1.32. The number of carbonyl (C=O) groups is 1. The number of ether oxygens (including phenoxy) is 2. The van der Waals surface area contributed by atoms with Crippen LogP contribution < -0.4 is 15.4 Å². The minimum absolute atomic E-state index is 0.181. The van der Waals surface area contributed by atoms with Gasteiger partial charge in [0.1, 0.15) is 5.75 Å². The second-order valence-electron chi connectivity index (χ2n) is 9.09. The molecule has 0 unspecified atom stereocenters. The quantitative estimate of drug-likeness (QED) is 0.523. The fourth-order valence-electron chi connectivity index (χ4n) is 4.60. The molecule has 2 N–H and O–H groups in total. The van der Waals surface area contributed by atoms with Gasteiger partial charge in [-0.15, -0.1) is 0 Å². The molecule has 10 nitrogen and oxygen atoms in total. The molecule has 36 heavy (non-hydrogen) atoms. The number of fused-ring (bicyclic) bond motifs is 1. The van der Waals surface area contributed by atoms with Crippen molar-refractivity contribution in [3.8, 4) is 5.75 Å². The number of halogens is 1.